The highest BCUT2D eigenvalue weighted by Crippen LogP contribution is 2.69. The molecule has 0 radical (unpaired) electrons. The minimum Gasteiger partial charge on any atom is -0.497 e. The molecule has 2 aromatic carbocycles. The number of imide groups is 1. The molecule has 1 aromatic heterocycles. The van der Waals surface area contributed by atoms with Gasteiger partial charge in [0.2, 0.25) is 11.8 Å². The smallest absolute Gasteiger partial charge is 0.305 e. The van der Waals surface area contributed by atoms with Crippen molar-refractivity contribution in [2.45, 2.75) is 22.6 Å². The number of amides is 2. The Hall–Kier alpha value is -3.04. The lowest BCUT2D eigenvalue weighted by Crippen LogP contribution is -2.42. The van der Waals surface area contributed by atoms with E-state index in [9.17, 15) is 14.4 Å². The van der Waals surface area contributed by atoms with Crippen molar-refractivity contribution in [1.82, 2.24) is 4.98 Å². The zero-order valence-electron chi connectivity index (χ0n) is 19.7. The molecule has 2 saturated carbocycles. The maximum Gasteiger partial charge on any atom is 0.305 e. The van der Waals surface area contributed by atoms with Gasteiger partial charge in [-0.2, -0.15) is 0 Å². The van der Waals surface area contributed by atoms with Crippen LogP contribution in [0.2, 0.25) is 0 Å². The number of thiazole rings is 1. The molecule has 7 atom stereocenters. The van der Waals surface area contributed by atoms with Crippen LogP contribution in [0.15, 0.2) is 58.4 Å². The molecule has 2 bridgehead atoms. The number of carbonyl (C=O) groups excluding carboxylic acids is 2. The zero-order chi connectivity index (χ0) is 24.7. The molecule has 7 rings (SSSR count). The summed E-state index contributed by atoms with van der Waals surface area (Å²) in [6.07, 6.45) is 0.858. The molecule has 2 aliphatic carbocycles. The van der Waals surface area contributed by atoms with Gasteiger partial charge in [-0.15, -0.1) is 11.8 Å². The third-order valence-electron chi connectivity index (χ3n) is 8.53. The van der Waals surface area contributed by atoms with Crippen LogP contribution in [-0.4, -0.2) is 36.3 Å². The summed E-state index contributed by atoms with van der Waals surface area (Å²) in [4.78, 5) is 45.3. The minimum absolute atomic E-state index is 0.0553. The molecule has 2 amide bonds. The zero-order valence-corrected chi connectivity index (χ0v) is 21.3. The van der Waals surface area contributed by atoms with Gasteiger partial charge < -0.3 is 14.5 Å². The van der Waals surface area contributed by atoms with Gasteiger partial charge >= 0.3 is 4.87 Å². The van der Waals surface area contributed by atoms with Gasteiger partial charge in [-0.1, -0.05) is 29.5 Å². The number of ether oxygens (including phenoxy) is 2. The highest BCUT2D eigenvalue weighted by atomic mass is 32.2. The van der Waals surface area contributed by atoms with Crippen molar-refractivity contribution in [3.63, 3.8) is 0 Å². The maximum atomic E-state index is 13.8. The molecule has 3 fully saturated rings. The van der Waals surface area contributed by atoms with Gasteiger partial charge in [-0.25, -0.2) is 0 Å². The molecule has 184 valence electrons. The summed E-state index contributed by atoms with van der Waals surface area (Å²) in [5.41, 5.74) is 1.64. The van der Waals surface area contributed by atoms with E-state index in [1.165, 1.54) is 16.2 Å². The second-order valence-corrected chi connectivity index (χ2v) is 12.1. The standard InChI is InChI=1S/C27H24N2O5S2/c1-33-13-9-7-12(8-10-13)29-25(30)20-15-11-16(21(20)26(29)31)22-19(15)18(14-5-3-4-6-17(14)34-2)23-24(35-22)28-27(32)36-23/h3-10,15-16,18-22H,11H2,1-2H3,(H,28,32)/t15?,16?,18-,19?,20?,21?,22?/m1/s1. The number of para-hydroxylation sites is 1. The molecule has 36 heavy (non-hydrogen) atoms. The Morgan fingerprint density at radius 2 is 1.64 bits per heavy atom. The first-order valence-electron chi connectivity index (χ1n) is 12.1. The molecule has 3 aromatic rings. The number of aromatic nitrogens is 1. The number of carbonyl (C=O) groups is 2. The Morgan fingerprint density at radius 3 is 2.36 bits per heavy atom. The minimum atomic E-state index is -0.333. The van der Waals surface area contributed by atoms with E-state index < -0.39 is 0 Å². The molecule has 3 heterocycles. The highest BCUT2D eigenvalue weighted by Gasteiger charge is 2.69. The van der Waals surface area contributed by atoms with Crippen LogP contribution in [0.4, 0.5) is 5.69 Å². The van der Waals surface area contributed by atoms with Gasteiger partial charge in [0, 0.05) is 21.6 Å². The predicted molar refractivity (Wildman–Crippen MR) is 137 cm³/mol. The van der Waals surface area contributed by atoms with Crippen molar-refractivity contribution in [3.05, 3.63) is 68.6 Å². The van der Waals surface area contributed by atoms with E-state index in [4.69, 9.17) is 9.47 Å². The van der Waals surface area contributed by atoms with Crippen LogP contribution < -0.4 is 19.2 Å². The number of H-pyrrole nitrogens is 1. The van der Waals surface area contributed by atoms with Gasteiger partial charge in [0.1, 0.15) is 11.5 Å². The first-order valence-corrected chi connectivity index (χ1v) is 13.8. The van der Waals surface area contributed by atoms with E-state index >= 15 is 0 Å². The Bertz CT molecular complexity index is 1450. The lowest BCUT2D eigenvalue weighted by atomic mass is 9.68. The molecule has 1 saturated heterocycles. The van der Waals surface area contributed by atoms with Gasteiger partial charge in [0.05, 0.1) is 36.8 Å². The number of rotatable bonds is 4. The average Bonchev–Trinajstić information content (AvgIpc) is 3.63. The number of thioether (sulfide) groups is 1. The topological polar surface area (TPSA) is 88.7 Å². The van der Waals surface area contributed by atoms with E-state index in [-0.39, 0.29) is 57.4 Å². The number of hydrogen-bond donors (Lipinski definition) is 1. The number of anilines is 1. The first kappa shape index (κ1) is 22.2. The molecule has 0 spiro atoms. The predicted octanol–water partition coefficient (Wildman–Crippen LogP) is 4.13. The second-order valence-electron chi connectivity index (χ2n) is 9.91. The first-order chi connectivity index (χ1) is 17.5. The van der Waals surface area contributed by atoms with E-state index in [2.05, 4.69) is 11.1 Å². The van der Waals surface area contributed by atoms with E-state index in [1.54, 1.807) is 50.2 Å². The third-order valence-corrected chi connectivity index (χ3v) is 11.1. The quantitative estimate of drug-likeness (QED) is 0.521. The molecule has 7 nitrogen and oxygen atoms in total. The van der Waals surface area contributed by atoms with Crippen LogP contribution in [-0.2, 0) is 9.59 Å². The highest BCUT2D eigenvalue weighted by molar-refractivity contribution is 8.00. The van der Waals surface area contributed by atoms with Crippen LogP contribution in [0.3, 0.4) is 0 Å². The van der Waals surface area contributed by atoms with Gasteiger partial charge in [0.15, 0.2) is 0 Å². The van der Waals surface area contributed by atoms with Crippen molar-refractivity contribution in [1.29, 1.82) is 0 Å². The molecule has 4 aliphatic rings. The fraction of sp³-hybridized carbons (Fsp3) is 0.370. The van der Waals surface area contributed by atoms with Crippen molar-refractivity contribution < 1.29 is 19.1 Å². The fourth-order valence-corrected chi connectivity index (χ4v) is 10.2. The molecule has 6 unspecified atom stereocenters. The van der Waals surface area contributed by atoms with E-state index in [0.29, 0.717) is 11.4 Å². The summed E-state index contributed by atoms with van der Waals surface area (Å²) in [6.45, 7) is 0. The van der Waals surface area contributed by atoms with Gasteiger partial charge in [0.25, 0.3) is 0 Å². The number of fused-ring (bicyclic) bond motifs is 9. The molecular formula is C27H24N2O5S2. The lowest BCUT2D eigenvalue weighted by molar-refractivity contribution is -0.123. The number of nitrogens with zero attached hydrogens (tertiary/aromatic N) is 1. The normalized spacial score (nSPS) is 31.8. The van der Waals surface area contributed by atoms with Crippen molar-refractivity contribution in [2.24, 2.45) is 29.6 Å². The fourth-order valence-electron chi connectivity index (χ4n) is 7.27. The summed E-state index contributed by atoms with van der Waals surface area (Å²) in [6, 6.07) is 15.1. The Morgan fingerprint density at radius 1 is 0.917 bits per heavy atom. The van der Waals surface area contributed by atoms with Crippen LogP contribution in [0, 0.1) is 29.6 Å². The molecule has 1 N–H and O–H groups in total. The SMILES string of the molecule is COc1ccc(N2C(=O)C3C4CC(C3C2=O)C2C4Sc3[nH]c(=O)sc3[C@@H]2c2ccccc2OC)cc1. The van der Waals surface area contributed by atoms with Gasteiger partial charge in [-0.3, -0.25) is 19.3 Å². The number of methoxy groups -OCH3 is 2. The van der Waals surface area contributed by atoms with E-state index in [1.807, 2.05) is 18.2 Å². The Balaban J connectivity index is 1.32. The number of benzene rings is 2. The Labute approximate surface area is 215 Å². The van der Waals surface area contributed by atoms with Gasteiger partial charge in [-0.05, 0) is 54.5 Å². The van der Waals surface area contributed by atoms with Crippen molar-refractivity contribution in [2.75, 3.05) is 19.1 Å². The molecule has 9 heteroatoms. The maximum absolute atomic E-state index is 13.8. The van der Waals surface area contributed by atoms with Crippen LogP contribution >= 0.6 is 23.1 Å². The van der Waals surface area contributed by atoms with Crippen LogP contribution in [0.1, 0.15) is 22.8 Å². The second kappa shape index (κ2) is 7.98. The summed E-state index contributed by atoms with van der Waals surface area (Å²) >= 11 is 2.95. The third kappa shape index (κ3) is 2.90. The van der Waals surface area contributed by atoms with Crippen LogP contribution in [0.25, 0.3) is 0 Å². The molecular weight excluding hydrogens is 496 g/mol. The Kier molecular flexibility index (Phi) is 4.92. The van der Waals surface area contributed by atoms with Crippen molar-refractivity contribution in [3.8, 4) is 11.5 Å². The van der Waals surface area contributed by atoms with Crippen molar-refractivity contribution >= 4 is 40.6 Å². The summed E-state index contributed by atoms with van der Waals surface area (Å²) in [5, 5.41) is 1.05. The average molecular weight is 521 g/mol. The summed E-state index contributed by atoms with van der Waals surface area (Å²) in [5.74, 6) is 0.862. The monoisotopic (exact) mass is 520 g/mol. The molecule has 2 aliphatic heterocycles. The summed E-state index contributed by atoms with van der Waals surface area (Å²) < 4.78 is 11.0. The summed E-state index contributed by atoms with van der Waals surface area (Å²) in [7, 11) is 3.25. The van der Waals surface area contributed by atoms with Crippen LogP contribution in [0.5, 0.6) is 11.5 Å². The van der Waals surface area contributed by atoms with E-state index in [0.717, 1.165) is 27.6 Å². The number of nitrogens with one attached hydrogen (secondary N) is 1. The largest absolute Gasteiger partial charge is 0.497 e. The number of aromatic amines is 1. The lowest BCUT2D eigenvalue weighted by Gasteiger charge is -2.43. The number of hydrogen-bond acceptors (Lipinski definition) is 7.